The van der Waals surface area contributed by atoms with Crippen LogP contribution in [-0.2, 0) is 14.8 Å². The molecule has 0 spiro atoms. The molecular formula is C20H31NO3S. The number of sulfonamides is 1. The minimum atomic E-state index is -3.60. The highest BCUT2D eigenvalue weighted by Crippen LogP contribution is 2.23. The van der Waals surface area contributed by atoms with E-state index in [2.05, 4.69) is 12.8 Å². The molecule has 0 N–H and O–H groups in total. The van der Waals surface area contributed by atoms with Gasteiger partial charge in [0.2, 0.25) is 10.0 Å². The van der Waals surface area contributed by atoms with Gasteiger partial charge in [0.25, 0.3) is 0 Å². The van der Waals surface area contributed by atoms with E-state index >= 15 is 0 Å². The monoisotopic (exact) mass is 365 g/mol. The minimum absolute atomic E-state index is 0.191. The summed E-state index contributed by atoms with van der Waals surface area (Å²) in [6.45, 7) is 4.76. The van der Waals surface area contributed by atoms with E-state index in [1.165, 1.54) is 4.31 Å². The molecule has 1 aromatic carbocycles. The number of nitrogens with zero attached hydrogens (tertiary/aromatic N) is 1. The third-order valence-electron chi connectivity index (χ3n) is 4.30. The van der Waals surface area contributed by atoms with Gasteiger partial charge in [-0.15, -0.1) is 12.3 Å². The van der Waals surface area contributed by atoms with Crippen LogP contribution in [0.5, 0.6) is 0 Å². The van der Waals surface area contributed by atoms with E-state index in [-0.39, 0.29) is 6.04 Å². The van der Waals surface area contributed by atoms with Gasteiger partial charge in [0, 0.05) is 26.1 Å². The van der Waals surface area contributed by atoms with Gasteiger partial charge in [0.1, 0.15) is 0 Å². The highest BCUT2D eigenvalue weighted by atomic mass is 32.2. The molecule has 0 saturated heterocycles. The molecule has 0 saturated carbocycles. The largest absolute Gasteiger partial charge is 0.383 e. The standard InChI is InChI=1S/C20H31NO3S/c1-5-7-8-9-11-19(10-6-2)21(16-17-24-4)25(22,23)20-14-12-18(3)13-15-20/h2,12-15,19H,5,7-11,16-17H2,1,3-4H3. The van der Waals surface area contributed by atoms with Gasteiger partial charge in [0.05, 0.1) is 11.5 Å². The van der Waals surface area contributed by atoms with Gasteiger partial charge in [-0.2, -0.15) is 4.31 Å². The molecule has 5 heteroatoms. The maximum absolute atomic E-state index is 13.2. The summed E-state index contributed by atoms with van der Waals surface area (Å²) in [7, 11) is -2.02. The highest BCUT2D eigenvalue weighted by Gasteiger charge is 2.30. The lowest BCUT2D eigenvalue weighted by molar-refractivity contribution is 0.163. The minimum Gasteiger partial charge on any atom is -0.383 e. The summed E-state index contributed by atoms with van der Waals surface area (Å²) in [5.41, 5.74) is 1.03. The van der Waals surface area contributed by atoms with Crippen LogP contribution < -0.4 is 0 Å². The maximum atomic E-state index is 13.2. The zero-order valence-electron chi connectivity index (χ0n) is 15.7. The molecule has 0 bridgehead atoms. The number of methoxy groups -OCH3 is 1. The van der Waals surface area contributed by atoms with Crippen molar-refractivity contribution in [2.75, 3.05) is 20.3 Å². The SMILES string of the molecule is C#CCC(CCCCCC)N(CCOC)S(=O)(=O)c1ccc(C)cc1. The van der Waals surface area contributed by atoms with Crippen LogP contribution in [0.25, 0.3) is 0 Å². The molecule has 1 unspecified atom stereocenters. The fourth-order valence-corrected chi connectivity index (χ4v) is 4.45. The van der Waals surface area contributed by atoms with Gasteiger partial charge in [0.15, 0.2) is 0 Å². The Bertz CT molecular complexity index is 632. The highest BCUT2D eigenvalue weighted by molar-refractivity contribution is 7.89. The van der Waals surface area contributed by atoms with Crippen LogP contribution in [0.4, 0.5) is 0 Å². The van der Waals surface area contributed by atoms with Gasteiger partial charge < -0.3 is 4.74 Å². The molecule has 1 rings (SSSR count). The zero-order valence-corrected chi connectivity index (χ0v) is 16.5. The van der Waals surface area contributed by atoms with Gasteiger partial charge in [-0.1, -0.05) is 50.3 Å². The summed E-state index contributed by atoms with van der Waals surface area (Å²) in [5.74, 6) is 2.65. The molecule has 1 atom stereocenters. The van der Waals surface area contributed by atoms with E-state index in [0.29, 0.717) is 24.5 Å². The molecule has 0 aliphatic rings. The Hall–Kier alpha value is -1.35. The Labute approximate surface area is 153 Å². The summed E-state index contributed by atoms with van der Waals surface area (Å²) >= 11 is 0. The Kier molecular flexibility index (Phi) is 9.81. The van der Waals surface area contributed by atoms with Gasteiger partial charge in [-0.3, -0.25) is 0 Å². The Morgan fingerprint density at radius 2 is 1.88 bits per heavy atom. The normalized spacial score (nSPS) is 12.9. The van der Waals surface area contributed by atoms with Crippen LogP contribution in [0.15, 0.2) is 29.2 Å². The maximum Gasteiger partial charge on any atom is 0.243 e. The van der Waals surface area contributed by atoms with Crippen molar-refractivity contribution in [2.24, 2.45) is 0 Å². The second-order valence-corrected chi connectivity index (χ2v) is 8.22. The molecule has 0 aliphatic heterocycles. The molecule has 25 heavy (non-hydrogen) atoms. The summed E-state index contributed by atoms with van der Waals surface area (Å²) < 4.78 is 33.0. The average Bonchev–Trinajstić information content (AvgIpc) is 2.59. The molecule has 0 fully saturated rings. The van der Waals surface area contributed by atoms with Crippen LogP contribution in [0.2, 0.25) is 0 Å². The first-order chi connectivity index (χ1) is 12.0. The van der Waals surface area contributed by atoms with E-state index < -0.39 is 10.0 Å². The van der Waals surface area contributed by atoms with Crippen molar-refractivity contribution >= 4 is 10.0 Å². The van der Waals surface area contributed by atoms with Crippen molar-refractivity contribution in [2.45, 2.75) is 63.3 Å². The first-order valence-corrected chi connectivity index (χ1v) is 10.4. The molecule has 0 aromatic heterocycles. The summed E-state index contributed by atoms with van der Waals surface area (Å²) in [5, 5.41) is 0. The van der Waals surface area contributed by atoms with Gasteiger partial charge in [-0.05, 0) is 25.5 Å². The van der Waals surface area contributed by atoms with Crippen LogP contribution in [0.3, 0.4) is 0 Å². The lowest BCUT2D eigenvalue weighted by Gasteiger charge is -2.30. The first-order valence-electron chi connectivity index (χ1n) is 8.98. The molecule has 0 amide bonds. The van der Waals surface area contributed by atoms with Crippen molar-refractivity contribution in [3.05, 3.63) is 29.8 Å². The number of aryl methyl sites for hydroxylation is 1. The summed E-state index contributed by atoms with van der Waals surface area (Å²) in [4.78, 5) is 0.310. The molecule has 4 nitrogen and oxygen atoms in total. The van der Waals surface area contributed by atoms with Crippen molar-refractivity contribution < 1.29 is 13.2 Å². The first kappa shape index (κ1) is 21.7. The molecular weight excluding hydrogens is 334 g/mol. The number of unbranched alkanes of at least 4 members (excludes halogenated alkanes) is 3. The van der Waals surface area contributed by atoms with Crippen LogP contribution >= 0.6 is 0 Å². The molecule has 140 valence electrons. The average molecular weight is 366 g/mol. The lowest BCUT2D eigenvalue weighted by atomic mass is 10.0. The third-order valence-corrected chi connectivity index (χ3v) is 6.26. The number of hydrogen-bond acceptors (Lipinski definition) is 3. The predicted molar refractivity (Wildman–Crippen MR) is 103 cm³/mol. The van der Waals surface area contributed by atoms with E-state index in [0.717, 1.165) is 37.7 Å². The van der Waals surface area contributed by atoms with Crippen molar-refractivity contribution in [3.8, 4) is 12.3 Å². The number of hydrogen-bond donors (Lipinski definition) is 0. The molecule has 0 aliphatic carbocycles. The fraction of sp³-hybridized carbons (Fsp3) is 0.600. The van der Waals surface area contributed by atoms with E-state index in [9.17, 15) is 8.42 Å². The van der Waals surface area contributed by atoms with Crippen LogP contribution in [0, 0.1) is 19.3 Å². The van der Waals surface area contributed by atoms with Crippen molar-refractivity contribution in [1.29, 1.82) is 0 Å². The second kappa shape index (κ2) is 11.3. The Morgan fingerprint density at radius 3 is 2.44 bits per heavy atom. The quantitative estimate of drug-likeness (QED) is 0.415. The third kappa shape index (κ3) is 6.81. The fourth-order valence-electron chi connectivity index (χ4n) is 2.82. The van der Waals surface area contributed by atoms with E-state index in [4.69, 9.17) is 11.2 Å². The smallest absolute Gasteiger partial charge is 0.243 e. The van der Waals surface area contributed by atoms with E-state index in [1.807, 2.05) is 19.1 Å². The summed E-state index contributed by atoms with van der Waals surface area (Å²) in [6, 6.07) is 6.77. The summed E-state index contributed by atoms with van der Waals surface area (Å²) in [6.07, 6.45) is 11.1. The molecule has 0 heterocycles. The van der Waals surface area contributed by atoms with Crippen LogP contribution in [0.1, 0.15) is 51.0 Å². The number of terminal acetylenes is 1. The molecule has 0 radical (unpaired) electrons. The van der Waals surface area contributed by atoms with Crippen molar-refractivity contribution in [1.82, 2.24) is 4.31 Å². The Balaban J connectivity index is 3.05. The molecule has 1 aromatic rings. The van der Waals surface area contributed by atoms with Gasteiger partial charge >= 0.3 is 0 Å². The number of rotatable bonds is 12. The van der Waals surface area contributed by atoms with E-state index in [1.54, 1.807) is 19.2 Å². The number of ether oxygens (including phenoxy) is 1. The van der Waals surface area contributed by atoms with Crippen molar-refractivity contribution in [3.63, 3.8) is 0 Å². The van der Waals surface area contributed by atoms with Gasteiger partial charge in [-0.25, -0.2) is 8.42 Å². The topological polar surface area (TPSA) is 46.6 Å². The number of benzene rings is 1. The lowest BCUT2D eigenvalue weighted by Crippen LogP contribution is -2.42. The Morgan fingerprint density at radius 1 is 1.20 bits per heavy atom. The zero-order chi connectivity index (χ0) is 18.7. The second-order valence-electron chi connectivity index (χ2n) is 6.33. The van der Waals surface area contributed by atoms with Crippen LogP contribution in [-0.4, -0.2) is 39.0 Å². The predicted octanol–water partition coefficient (Wildman–Crippen LogP) is 3.99.